The summed E-state index contributed by atoms with van der Waals surface area (Å²) >= 11 is 0. The molecule has 9 nitrogen and oxygen atoms in total. The van der Waals surface area contributed by atoms with E-state index in [1.54, 1.807) is 23.1 Å². The molecule has 13 heteroatoms. The Balaban J connectivity index is 1.12. The van der Waals surface area contributed by atoms with Gasteiger partial charge in [-0.3, -0.25) is 14.6 Å². The topological polar surface area (TPSA) is 119 Å². The minimum Gasteiger partial charge on any atom is -0.393 e. The van der Waals surface area contributed by atoms with Gasteiger partial charge >= 0.3 is 0 Å². The van der Waals surface area contributed by atoms with E-state index in [-0.39, 0.29) is 74.8 Å². The molecule has 1 aromatic carbocycles. The van der Waals surface area contributed by atoms with Crippen molar-refractivity contribution in [1.29, 1.82) is 0 Å². The lowest BCUT2D eigenvalue weighted by molar-refractivity contribution is -0.125. The Bertz CT molecular complexity index is 1440. The molecule has 0 radical (unpaired) electrons. The number of alkyl halides is 1. The molecule has 248 valence electrons. The highest BCUT2D eigenvalue weighted by atomic mass is 32.2. The molecule has 5 rings (SSSR count). The van der Waals surface area contributed by atoms with Gasteiger partial charge in [-0.25, -0.2) is 17.1 Å². The molecule has 1 spiro atoms. The minimum absolute atomic E-state index is 0.0798. The first-order chi connectivity index (χ1) is 21.3. The number of piperidine rings is 2. The zero-order valence-corrected chi connectivity index (χ0v) is 26.6. The van der Waals surface area contributed by atoms with Crippen molar-refractivity contribution in [2.45, 2.75) is 82.3 Å². The van der Waals surface area contributed by atoms with Crippen LogP contribution < -0.4 is 5.32 Å². The summed E-state index contributed by atoms with van der Waals surface area (Å²) in [6, 6.07) is 5.18. The monoisotopic (exact) mass is 652 g/mol. The van der Waals surface area contributed by atoms with E-state index >= 15 is 0 Å². The molecule has 45 heavy (non-hydrogen) atoms. The second-order valence-corrected chi connectivity index (χ2v) is 15.2. The molecule has 4 aliphatic rings. The van der Waals surface area contributed by atoms with Crippen LogP contribution in [-0.2, 0) is 21.2 Å². The van der Waals surface area contributed by atoms with E-state index in [2.05, 4.69) is 5.32 Å². The normalized spacial score (nSPS) is 25.1. The van der Waals surface area contributed by atoms with Crippen molar-refractivity contribution in [1.82, 2.24) is 14.5 Å². The molecular formula is C32H43F3N4O5S. The Kier molecular flexibility index (Phi) is 10.1. The Morgan fingerprint density at radius 3 is 2.36 bits per heavy atom. The summed E-state index contributed by atoms with van der Waals surface area (Å²) in [6.45, 7) is 2.12. The number of aryl methyl sites for hydroxylation is 2. The van der Waals surface area contributed by atoms with Crippen LogP contribution in [-0.4, -0.2) is 90.1 Å². The van der Waals surface area contributed by atoms with E-state index in [9.17, 15) is 36.3 Å². The fourth-order valence-electron chi connectivity index (χ4n) is 7.06. The smallest absolute Gasteiger partial charge is 0.266 e. The minimum atomic E-state index is -3.61. The van der Waals surface area contributed by atoms with Crippen LogP contribution in [0, 0.1) is 18.8 Å². The van der Waals surface area contributed by atoms with Gasteiger partial charge in [0.05, 0.1) is 12.4 Å². The number of amidine groups is 1. The van der Waals surface area contributed by atoms with E-state index in [4.69, 9.17) is 4.99 Å². The van der Waals surface area contributed by atoms with Crippen LogP contribution in [0.25, 0.3) is 0 Å². The third-order valence-electron chi connectivity index (χ3n) is 10.2. The maximum Gasteiger partial charge on any atom is 0.266 e. The Morgan fingerprint density at radius 2 is 1.76 bits per heavy atom. The number of carbonyl (C=O) groups is 2. The number of carbonyl (C=O) groups excluding carboxylic acids is 2. The Morgan fingerprint density at radius 1 is 1.09 bits per heavy atom. The zero-order valence-electron chi connectivity index (χ0n) is 25.7. The predicted molar refractivity (Wildman–Crippen MR) is 164 cm³/mol. The first-order valence-electron chi connectivity index (χ1n) is 15.9. The molecular weight excluding hydrogens is 609 g/mol. The fourth-order valence-corrected chi connectivity index (χ4v) is 8.54. The van der Waals surface area contributed by atoms with Crippen LogP contribution in [0.2, 0.25) is 0 Å². The number of nitrogens with one attached hydrogen (secondary N) is 1. The van der Waals surface area contributed by atoms with E-state index in [0.29, 0.717) is 30.7 Å². The van der Waals surface area contributed by atoms with Crippen LogP contribution in [0.15, 0.2) is 35.3 Å². The summed E-state index contributed by atoms with van der Waals surface area (Å²) in [5.74, 6) is 0.435. The van der Waals surface area contributed by atoms with Crippen molar-refractivity contribution in [3.05, 3.63) is 47.0 Å². The maximum absolute atomic E-state index is 14.3. The molecule has 2 N–H and O–H groups in total. The molecule has 1 aliphatic carbocycles. The Hall–Kier alpha value is -2.77. The van der Waals surface area contributed by atoms with E-state index < -0.39 is 33.9 Å². The molecule has 0 aromatic heterocycles. The highest BCUT2D eigenvalue weighted by molar-refractivity contribution is 7.89. The Labute approximate surface area is 263 Å². The van der Waals surface area contributed by atoms with Crippen LogP contribution in [0.1, 0.15) is 79.3 Å². The lowest BCUT2D eigenvalue weighted by Gasteiger charge is -2.35. The number of hydrogen-bond donors (Lipinski definition) is 2. The number of nitrogens with zero attached hydrogens (tertiary/aromatic N) is 3. The van der Waals surface area contributed by atoms with Gasteiger partial charge in [0.15, 0.2) is 0 Å². The number of hydrogen-bond acceptors (Lipinski definition) is 6. The van der Waals surface area contributed by atoms with Crippen molar-refractivity contribution in [2.24, 2.45) is 16.8 Å². The fraction of sp³-hybridized carbons (Fsp3) is 0.656. The van der Waals surface area contributed by atoms with Crippen LogP contribution >= 0.6 is 0 Å². The number of amides is 2. The number of aliphatic hydroxyl groups is 1. The van der Waals surface area contributed by atoms with E-state index in [0.717, 1.165) is 42.9 Å². The number of likely N-dealkylation sites (tertiary alicyclic amines) is 1. The number of benzene rings is 1. The van der Waals surface area contributed by atoms with Gasteiger partial charge < -0.3 is 15.3 Å². The van der Waals surface area contributed by atoms with E-state index in [1.807, 2.05) is 6.92 Å². The summed E-state index contributed by atoms with van der Waals surface area (Å²) in [7, 11) is -3.61. The first kappa shape index (κ1) is 33.6. The number of aliphatic imine (C=N–C) groups is 1. The SMILES string of the molecule is Cc1cc(C(=O)N2CCC(F)(CO)CC2)ccc1CCS(=O)(=O)N1CCC2(CC1)N=C(C1CCC(CC=C(F)F)CC1)NC2=O. The highest BCUT2D eigenvalue weighted by Crippen LogP contribution is 2.37. The number of rotatable bonds is 9. The molecule has 0 unspecified atom stereocenters. The number of halogens is 3. The van der Waals surface area contributed by atoms with Crippen molar-refractivity contribution in [2.75, 3.05) is 38.5 Å². The van der Waals surface area contributed by atoms with E-state index in [1.165, 1.54) is 4.31 Å². The van der Waals surface area contributed by atoms with Crippen molar-refractivity contribution >= 4 is 27.7 Å². The molecule has 3 heterocycles. The number of sulfonamides is 1. The van der Waals surface area contributed by atoms with Gasteiger partial charge in [-0.2, -0.15) is 8.78 Å². The number of aliphatic hydroxyl groups excluding tert-OH is 1. The van der Waals surface area contributed by atoms with Crippen LogP contribution in [0.4, 0.5) is 13.2 Å². The molecule has 2 saturated heterocycles. The molecule has 1 aromatic rings. The third-order valence-corrected chi connectivity index (χ3v) is 12.1. The highest BCUT2D eigenvalue weighted by Gasteiger charge is 2.48. The summed E-state index contributed by atoms with van der Waals surface area (Å²) in [5, 5.41) is 12.2. The molecule has 3 aliphatic heterocycles. The van der Waals surface area contributed by atoms with Gasteiger partial charge in [-0.05, 0) is 93.5 Å². The van der Waals surface area contributed by atoms with Gasteiger partial charge in [-0.15, -0.1) is 0 Å². The van der Waals surface area contributed by atoms with Gasteiger partial charge in [0.1, 0.15) is 17.0 Å². The quantitative estimate of drug-likeness (QED) is 0.416. The molecule has 0 atom stereocenters. The van der Waals surface area contributed by atoms with Gasteiger partial charge in [0, 0.05) is 50.5 Å². The molecule has 2 amide bonds. The van der Waals surface area contributed by atoms with Crippen molar-refractivity contribution in [3.63, 3.8) is 0 Å². The summed E-state index contributed by atoms with van der Waals surface area (Å²) in [5.41, 5.74) is -0.532. The van der Waals surface area contributed by atoms with Crippen molar-refractivity contribution < 1.29 is 36.3 Å². The lowest BCUT2D eigenvalue weighted by Crippen LogP contribution is -2.51. The second kappa shape index (κ2) is 13.5. The molecule has 3 fully saturated rings. The second-order valence-electron chi connectivity index (χ2n) is 13.1. The average molecular weight is 653 g/mol. The zero-order chi connectivity index (χ0) is 32.4. The van der Waals surface area contributed by atoms with Gasteiger partial charge in [0.2, 0.25) is 10.0 Å². The summed E-state index contributed by atoms with van der Waals surface area (Å²) in [4.78, 5) is 32.4. The number of allylic oxidation sites excluding steroid dienone is 1. The largest absolute Gasteiger partial charge is 0.393 e. The lowest BCUT2D eigenvalue weighted by atomic mass is 9.80. The predicted octanol–water partition coefficient (Wildman–Crippen LogP) is 4.14. The molecule has 0 bridgehead atoms. The first-order valence-corrected chi connectivity index (χ1v) is 17.5. The van der Waals surface area contributed by atoms with Gasteiger partial charge in [-0.1, -0.05) is 6.07 Å². The van der Waals surface area contributed by atoms with Crippen LogP contribution in [0.3, 0.4) is 0 Å². The summed E-state index contributed by atoms with van der Waals surface area (Å²) < 4.78 is 67.2. The average Bonchev–Trinajstić information content (AvgIpc) is 3.34. The standard InChI is InChI=1S/C32H43F3N4O5S/c1-22-20-26(29(41)38-15-11-31(35,21-40)12-16-38)8-7-24(22)10-19-45(43,44)39-17-13-32(14-18-39)30(42)36-28(37-32)25-5-2-23(3-6-25)4-9-27(33)34/h7-9,20,23,25,40H,2-6,10-19,21H2,1H3,(H,36,37,42). The maximum atomic E-state index is 14.3. The summed E-state index contributed by atoms with van der Waals surface area (Å²) in [6.07, 6.45) is 3.89. The third kappa shape index (κ3) is 7.62. The van der Waals surface area contributed by atoms with Crippen LogP contribution in [0.5, 0.6) is 0 Å². The van der Waals surface area contributed by atoms with Gasteiger partial charge in [0.25, 0.3) is 17.9 Å². The molecule has 1 saturated carbocycles. The van der Waals surface area contributed by atoms with Crippen molar-refractivity contribution in [3.8, 4) is 0 Å².